The summed E-state index contributed by atoms with van der Waals surface area (Å²) in [5, 5.41) is 21.9. The molecule has 2 heterocycles. The van der Waals surface area contributed by atoms with Gasteiger partial charge in [-0.05, 0) is 43.3 Å². The normalized spacial score (nSPS) is 12.9. The molecule has 0 spiro atoms. The van der Waals surface area contributed by atoms with Crippen LogP contribution in [0.1, 0.15) is 32.7 Å². The smallest absolute Gasteiger partial charge is 0.336 e. The van der Waals surface area contributed by atoms with E-state index in [1.54, 1.807) is 36.4 Å². The molecular formula is C25H28Cl3N5O3. The van der Waals surface area contributed by atoms with E-state index in [0.29, 0.717) is 47.5 Å². The molecule has 0 atom stereocenters. The first-order chi connectivity index (χ1) is 15.9. The molecule has 1 aliphatic heterocycles. The maximum absolute atomic E-state index is 12.6. The second kappa shape index (κ2) is 13.9. The minimum Gasteiger partial charge on any atom is -0.478 e. The average molecular weight is 553 g/mol. The van der Waals surface area contributed by atoms with E-state index in [1.165, 1.54) is 0 Å². The van der Waals surface area contributed by atoms with E-state index in [2.05, 4.69) is 21.2 Å². The Bertz CT molecular complexity index is 1240. The van der Waals surface area contributed by atoms with Gasteiger partial charge in [0, 0.05) is 55.8 Å². The number of aromatic nitrogens is 1. The highest BCUT2D eigenvalue weighted by Gasteiger charge is 2.21. The Morgan fingerprint density at radius 3 is 2.31 bits per heavy atom. The van der Waals surface area contributed by atoms with Gasteiger partial charge in [-0.25, -0.2) is 9.78 Å². The van der Waals surface area contributed by atoms with Gasteiger partial charge < -0.3 is 15.3 Å². The molecule has 1 aromatic heterocycles. The molecule has 0 unspecified atom stereocenters. The molecule has 0 saturated carbocycles. The van der Waals surface area contributed by atoms with Crippen molar-refractivity contribution in [2.75, 3.05) is 42.9 Å². The number of carboxylic acid groups (broad SMARTS) is 1. The highest BCUT2D eigenvalue weighted by atomic mass is 35.5. The number of benzene rings is 2. The Labute approximate surface area is 228 Å². The zero-order valence-electron chi connectivity index (χ0n) is 19.6. The summed E-state index contributed by atoms with van der Waals surface area (Å²) in [6.07, 6.45) is 0.500. The number of nitrogens with zero attached hydrogens (tertiary/aromatic N) is 4. The molecule has 0 radical (unpaired) electrons. The number of halogens is 3. The molecule has 4 rings (SSSR count). The summed E-state index contributed by atoms with van der Waals surface area (Å²) in [5.74, 6) is -0.681. The number of aryl methyl sites for hydroxylation is 1. The third-order valence-electron chi connectivity index (χ3n) is 5.83. The molecular weight excluding hydrogens is 525 g/mol. The lowest BCUT2D eigenvalue weighted by atomic mass is 10.1. The molecule has 2 aromatic carbocycles. The Morgan fingerprint density at radius 2 is 1.69 bits per heavy atom. The van der Waals surface area contributed by atoms with Gasteiger partial charge in [-0.2, -0.15) is 5.26 Å². The zero-order valence-corrected chi connectivity index (χ0v) is 22.1. The van der Waals surface area contributed by atoms with Crippen molar-refractivity contribution in [1.29, 1.82) is 5.26 Å². The SMILES string of the molecule is Cc1ccc(C(=O)Nc2ccc3nc(N4CCN(CCC#N)CC4)cc(C(=O)O)c3c2)cc1.Cl.Cl.Cl. The Morgan fingerprint density at radius 1 is 1.03 bits per heavy atom. The number of carboxylic acids is 1. The molecule has 1 amide bonds. The van der Waals surface area contributed by atoms with Crippen LogP contribution in [-0.2, 0) is 0 Å². The van der Waals surface area contributed by atoms with Gasteiger partial charge in [0.2, 0.25) is 0 Å². The van der Waals surface area contributed by atoms with Gasteiger partial charge in [0.15, 0.2) is 0 Å². The molecule has 192 valence electrons. The number of aromatic carboxylic acids is 1. The lowest BCUT2D eigenvalue weighted by molar-refractivity contribution is 0.0698. The van der Waals surface area contributed by atoms with Crippen LogP contribution in [0.4, 0.5) is 11.5 Å². The first kappa shape index (κ1) is 30.9. The fraction of sp³-hybridized carbons (Fsp3) is 0.280. The van der Waals surface area contributed by atoms with Crippen molar-refractivity contribution in [3.8, 4) is 6.07 Å². The molecule has 0 bridgehead atoms. The van der Waals surface area contributed by atoms with E-state index in [1.807, 2.05) is 19.1 Å². The van der Waals surface area contributed by atoms with Crippen molar-refractivity contribution in [3.05, 3.63) is 65.2 Å². The summed E-state index contributed by atoms with van der Waals surface area (Å²) in [6, 6.07) is 16.1. The van der Waals surface area contributed by atoms with Gasteiger partial charge in [0.1, 0.15) is 5.82 Å². The summed E-state index contributed by atoms with van der Waals surface area (Å²) in [5.41, 5.74) is 2.81. The summed E-state index contributed by atoms with van der Waals surface area (Å²) in [7, 11) is 0. The van der Waals surface area contributed by atoms with Crippen LogP contribution in [0.2, 0.25) is 0 Å². The minimum absolute atomic E-state index is 0. The van der Waals surface area contributed by atoms with E-state index in [-0.39, 0.29) is 48.7 Å². The number of amides is 1. The van der Waals surface area contributed by atoms with Crippen LogP contribution >= 0.6 is 37.2 Å². The molecule has 0 aliphatic carbocycles. The number of piperazine rings is 1. The fourth-order valence-corrected chi connectivity index (χ4v) is 3.95. The minimum atomic E-state index is -1.04. The Hall–Kier alpha value is -3.09. The van der Waals surface area contributed by atoms with E-state index in [0.717, 1.165) is 25.2 Å². The fourth-order valence-electron chi connectivity index (χ4n) is 3.95. The van der Waals surface area contributed by atoms with Crippen LogP contribution in [0.15, 0.2) is 48.5 Å². The Kier molecular flexibility index (Phi) is 11.9. The van der Waals surface area contributed by atoms with Gasteiger partial charge in [0.05, 0.1) is 17.1 Å². The average Bonchev–Trinajstić information content (AvgIpc) is 2.82. The van der Waals surface area contributed by atoms with Crippen molar-refractivity contribution in [3.63, 3.8) is 0 Å². The first-order valence-electron chi connectivity index (χ1n) is 10.8. The number of rotatable bonds is 6. The molecule has 3 aromatic rings. The van der Waals surface area contributed by atoms with E-state index >= 15 is 0 Å². The van der Waals surface area contributed by atoms with Crippen LogP contribution in [0.5, 0.6) is 0 Å². The van der Waals surface area contributed by atoms with Gasteiger partial charge in [-0.15, -0.1) is 37.2 Å². The molecule has 36 heavy (non-hydrogen) atoms. The highest BCUT2D eigenvalue weighted by molar-refractivity contribution is 6.08. The van der Waals surface area contributed by atoms with Gasteiger partial charge >= 0.3 is 5.97 Å². The number of nitriles is 1. The number of hydrogen-bond donors (Lipinski definition) is 2. The van der Waals surface area contributed by atoms with Crippen LogP contribution in [-0.4, -0.2) is 59.6 Å². The first-order valence-corrected chi connectivity index (χ1v) is 10.8. The predicted molar refractivity (Wildman–Crippen MR) is 148 cm³/mol. The molecule has 8 nitrogen and oxygen atoms in total. The number of nitrogens with one attached hydrogen (secondary N) is 1. The third-order valence-corrected chi connectivity index (χ3v) is 5.83. The second-order valence-electron chi connectivity index (χ2n) is 8.12. The molecule has 11 heteroatoms. The number of carbonyl (C=O) groups is 2. The maximum atomic E-state index is 12.6. The van der Waals surface area contributed by atoms with E-state index in [4.69, 9.17) is 10.2 Å². The summed E-state index contributed by atoms with van der Waals surface area (Å²) < 4.78 is 0. The topological polar surface area (TPSA) is 110 Å². The van der Waals surface area contributed by atoms with Crippen LogP contribution in [0.3, 0.4) is 0 Å². The maximum Gasteiger partial charge on any atom is 0.336 e. The quantitative estimate of drug-likeness (QED) is 0.452. The zero-order chi connectivity index (χ0) is 23.4. The van der Waals surface area contributed by atoms with Crippen molar-refractivity contribution in [2.45, 2.75) is 13.3 Å². The molecule has 1 fully saturated rings. The third kappa shape index (κ3) is 7.21. The monoisotopic (exact) mass is 551 g/mol. The van der Waals surface area contributed by atoms with Gasteiger partial charge in [0.25, 0.3) is 5.91 Å². The summed E-state index contributed by atoms with van der Waals surface area (Å²) in [6.45, 7) is 5.73. The second-order valence-corrected chi connectivity index (χ2v) is 8.12. The van der Waals surface area contributed by atoms with Crippen molar-refractivity contribution >= 4 is 71.5 Å². The van der Waals surface area contributed by atoms with Crippen LogP contribution in [0.25, 0.3) is 10.9 Å². The molecule has 2 N–H and O–H groups in total. The van der Waals surface area contributed by atoms with E-state index in [9.17, 15) is 14.7 Å². The number of pyridine rings is 1. The number of anilines is 2. The standard InChI is InChI=1S/C25H25N5O3.3ClH/c1-17-3-5-18(6-4-17)24(31)27-19-7-8-22-20(15-19)21(25(32)33)16-23(28-22)30-13-11-29(12-14-30)10-2-9-26;;;/h3-8,15-16H,2,10-14H2,1H3,(H,27,31)(H,32,33);3*1H. The summed E-state index contributed by atoms with van der Waals surface area (Å²) >= 11 is 0. The van der Waals surface area contributed by atoms with Crippen molar-refractivity contribution < 1.29 is 14.7 Å². The van der Waals surface area contributed by atoms with E-state index < -0.39 is 5.97 Å². The van der Waals surface area contributed by atoms with Gasteiger partial charge in [-0.3, -0.25) is 9.69 Å². The predicted octanol–water partition coefficient (Wildman–Crippen LogP) is 4.79. The van der Waals surface area contributed by atoms with Crippen LogP contribution < -0.4 is 10.2 Å². The Balaban J connectivity index is 0.00000216. The number of fused-ring (bicyclic) bond motifs is 1. The van der Waals surface area contributed by atoms with Crippen molar-refractivity contribution in [2.24, 2.45) is 0 Å². The van der Waals surface area contributed by atoms with Crippen LogP contribution in [0, 0.1) is 18.3 Å². The van der Waals surface area contributed by atoms with Crippen molar-refractivity contribution in [1.82, 2.24) is 9.88 Å². The summed E-state index contributed by atoms with van der Waals surface area (Å²) in [4.78, 5) is 33.6. The largest absolute Gasteiger partial charge is 0.478 e. The van der Waals surface area contributed by atoms with Gasteiger partial charge in [-0.1, -0.05) is 17.7 Å². The lowest BCUT2D eigenvalue weighted by Gasteiger charge is -2.35. The number of hydrogen-bond acceptors (Lipinski definition) is 6. The molecule has 1 aliphatic rings. The highest BCUT2D eigenvalue weighted by Crippen LogP contribution is 2.27. The lowest BCUT2D eigenvalue weighted by Crippen LogP contribution is -2.46. The number of carbonyl (C=O) groups excluding carboxylic acids is 1. The molecule has 1 saturated heterocycles.